The van der Waals surface area contributed by atoms with Gasteiger partial charge in [0.15, 0.2) is 0 Å². The summed E-state index contributed by atoms with van der Waals surface area (Å²) in [6, 6.07) is 4.18. The van der Waals surface area contributed by atoms with Crippen molar-refractivity contribution in [2.45, 2.75) is 26.0 Å². The molecule has 1 atom stereocenters. The molecule has 1 saturated heterocycles. The van der Waals surface area contributed by atoms with E-state index in [1.165, 1.54) is 23.2 Å². The molecule has 0 saturated carbocycles. The molecule has 8 heteroatoms. The van der Waals surface area contributed by atoms with Crippen molar-refractivity contribution >= 4 is 11.8 Å². The van der Waals surface area contributed by atoms with Crippen molar-refractivity contribution in [2.24, 2.45) is 0 Å². The second-order valence-electron chi connectivity index (χ2n) is 5.18. The number of carbonyl (C=O) groups is 1. The van der Waals surface area contributed by atoms with Crippen molar-refractivity contribution in [1.82, 2.24) is 9.78 Å². The number of alkyl halides is 2. The normalized spacial score (nSPS) is 17.9. The molecule has 1 aliphatic heterocycles. The van der Waals surface area contributed by atoms with Crippen LogP contribution < -0.4 is 4.90 Å². The number of hydrogen-bond acceptors (Lipinski definition) is 3. The first kappa shape index (κ1) is 15.4. The van der Waals surface area contributed by atoms with E-state index in [9.17, 15) is 18.0 Å². The van der Waals surface area contributed by atoms with Crippen LogP contribution >= 0.6 is 0 Å². The van der Waals surface area contributed by atoms with Gasteiger partial charge in [0.05, 0.1) is 18.4 Å². The number of amides is 1. The van der Waals surface area contributed by atoms with Crippen molar-refractivity contribution in [2.75, 3.05) is 11.4 Å². The second-order valence-corrected chi connectivity index (χ2v) is 5.18. The molecule has 0 bridgehead atoms. The first-order valence-electron chi connectivity index (χ1n) is 7.10. The van der Waals surface area contributed by atoms with Crippen LogP contribution in [-0.2, 0) is 4.74 Å². The molecule has 2 heterocycles. The number of rotatable bonds is 4. The minimum Gasteiger partial charge on any atom is -0.444 e. The number of aromatic nitrogens is 2. The number of halogens is 3. The van der Waals surface area contributed by atoms with Gasteiger partial charge < -0.3 is 4.74 Å². The summed E-state index contributed by atoms with van der Waals surface area (Å²) in [7, 11) is 0. The number of ether oxygens (including phenoxy) is 1. The van der Waals surface area contributed by atoms with Crippen molar-refractivity contribution in [1.29, 1.82) is 0 Å². The lowest BCUT2D eigenvalue weighted by molar-refractivity contribution is 0.0566. The van der Waals surface area contributed by atoms with Gasteiger partial charge in [-0.1, -0.05) is 6.92 Å². The maximum atomic E-state index is 14.3. The van der Waals surface area contributed by atoms with Crippen molar-refractivity contribution < 1.29 is 22.7 Å². The van der Waals surface area contributed by atoms with Gasteiger partial charge in [0.2, 0.25) is 0 Å². The maximum Gasteiger partial charge on any atom is 0.414 e. The predicted molar refractivity (Wildman–Crippen MR) is 76.8 cm³/mol. The molecular formula is C15H14F3N3O2. The minimum absolute atomic E-state index is 0.139. The third-order valence-corrected chi connectivity index (χ3v) is 3.71. The van der Waals surface area contributed by atoms with E-state index in [1.54, 1.807) is 6.07 Å². The molecule has 3 rings (SSSR count). The molecule has 1 aromatic heterocycles. The van der Waals surface area contributed by atoms with E-state index in [0.29, 0.717) is 23.3 Å². The molecule has 1 aromatic carbocycles. The molecule has 0 radical (unpaired) electrons. The number of anilines is 1. The highest BCUT2D eigenvalue weighted by Crippen LogP contribution is 2.29. The quantitative estimate of drug-likeness (QED) is 0.858. The lowest BCUT2D eigenvalue weighted by Crippen LogP contribution is -2.24. The summed E-state index contributed by atoms with van der Waals surface area (Å²) in [6.07, 6.45) is 2.18. The summed E-state index contributed by atoms with van der Waals surface area (Å²) in [4.78, 5) is 13.1. The average molecular weight is 325 g/mol. The van der Waals surface area contributed by atoms with Crippen LogP contribution in [0.2, 0.25) is 0 Å². The summed E-state index contributed by atoms with van der Waals surface area (Å²) in [5, 5.41) is 3.48. The van der Waals surface area contributed by atoms with Crippen molar-refractivity contribution in [3.05, 3.63) is 36.4 Å². The molecule has 1 fully saturated rings. The highest BCUT2D eigenvalue weighted by Gasteiger charge is 2.31. The van der Waals surface area contributed by atoms with Gasteiger partial charge in [-0.25, -0.2) is 13.9 Å². The van der Waals surface area contributed by atoms with E-state index in [1.807, 2.05) is 6.92 Å². The zero-order valence-electron chi connectivity index (χ0n) is 12.2. The Kier molecular flexibility index (Phi) is 3.97. The smallest absolute Gasteiger partial charge is 0.414 e. The topological polar surface area (TPSA) is 47.4 Å². The number of hydrogen-bond donors (Lipinski definition) is 0. The minimum atomic E-state index is -2.78. The van der Waals surface area contributed by atoms with E-state index in [2.05, 4.69) is 5.10 Å². The lowest BCUT2D eigenvalue weighted by atomic mass is 10.1. The molecule has 0 N–H and O–H groups in total. The second kappa shape index (κ2) is 5.94. The molecular weight excluding hydrogens is 311 g/mol. The Balaban J connectivity index is 1.87. The van der Waals surface area contributed by atoms with E-state index < -0.39 is 18.5 Å². The van der Waals surface area contributed by atoms with Gasteiger partial charge in [0.1, 0.15) is 11.9 Å². The highest BCUT2D eigenvalue weighted by molar-refractivity contribution is 5.90. The molecule has 122 valence electrons. The summed E-state index contributed by atoms with van der Waals surface area (Å²) < 4.78 is 44.9. The number of benzene rings is 1. The Bertz CT molecular complexity index is 733. The fourth-order valence-electron chi connectivity index (χ4n) is 2.43. The third-order valence-electron chi connectivity index (χ3n) is 3.71. The Morgan fingerprint density at radius 3 is 2.78 bits per heavy atom. The van der Waals surface area contributed by atoms with Crippen molar-refractivity contribution in [3.8, 4) is 11.1 Å². The van der Waals surface area contributed by atoms with E-state index in [-0.39, 0.29) is 17.2 Å². The molecule has 23 heavy (non-hydrogen) atoms. The summed E-state index contributed by atoms with van der Waals surface area (Å²) >= 11 is 0. The SMILES string of the molecule is CCC1CN(c2ccc(-c3cnn(C(F)F)c3)c(F)c2)C(=O)O1. The molecule has 0 spiro atoms. The van der Waals surface area contributed by atoms with E-state index in [0.717, 1.165) is 6.20 Å². The average Bonchev–Trinajstić information content (AvgIpc) is 3.13. The number of carbonyl (C=O) groups excluding carboxylic acids is 1. The Morgan fingerprint density at radius 1 is 1.43 bits per heavy atom. The van der Waals surface area contributed by atoms with Gasteiger partial charge in [-0.05, 0) is 24.6 Å². The molecule has 0 aliphatic carbocycles. The van der Waals surface area contributed by atoms with Gasteiger partial charge in [-0.3, -0.25) is 4.90 Å². The number of cyclic esters (lactones) is 1. The molecule has 1 amide bonds. The monoisotopic (exact) mass is 325 g/mol. The molecule has 2 aromatic rings. The summed E-state index contributed by atoms with van der Waals surface area (Å²) in [5.41, 5.74) is 0.749. The Labute approximate surface area is 130 Å². The van der Waals surface area contributed by atoms with Gasteiger partial charge in [-0.2, -0.15) is 13.9 Å². The predicted octanol–water partition coefficient (Wildman–Crippen LogP) is 3.82. The maximum absolute atomic E-state index is 14.3. The van der Waals surface area contributed by atoms with Gasteiger partial charge in [-0.15, -0.1) is 0 Å². The van der Waals surface area contributed by atoms with Crippen LogP contribution in [0.5, 0.6) is 0 Å². The molecule has 1 aliphatic rings. The standard InChI is InChI=1S/C15H14F3N3O2/c1-2-11-8-20(15(22)23-11)10-3-4-12(13(16)5-10)9-6-19-21(7-9)14(17)18/h3-7,11,14H,2,8H2,1H3. The highest BCUT2D eigenvalue weighted by atomic mass is 19.3. The van der Waals surface area contributed by atoms with E-state index >= 15 is 0 Å². The summed E-state index contributed by atoms with van der Waals surface area (Å²) in [6.45, 7) is -0.528. The van der Waals surface area contributed by atoms with E-state index in [4.69, 9.17) is 4.74 Å². The van der Waals surface area contributed by atoms with Gasteiger partial charge in [0.25, 0.3) is 0 Å². The van der Waals surface area contributed by atoms with Crippen LogP contribution in [0.1, 0.15) is 19.9 Å². The van der Waals surface area contributed by atoms with Crippen LogP contribution in [0.3, 0.4) is 0 Å². The molecule has 1 unspecified atom stereocenters. The largest absolute Gasteiger partial charge is 0.444 e. The van der Waals surface area contributed by atoms with Crippen LogP contribution in [0.25, 0.3) is 11.1 Å². The zero-order valence-corrected chi connectivity index (χ0v) is 12.2. The van der Waals surface area contributed by atoms with Gasteiger partial charge >= 0.3 is 12.6 Å². The summed E-state index contributed by atoms with van der Waals surface area (Å²) in [5.74, 6) is -0.621. The fraction of sp³-hybridized carbons (Fsp3) is 0.333. The van der Waals surface area contributed by atoms with Crippen LogP contribution in [-0.4, -0.2) is 28.5 Å². The van der Waals surface area contributed by atoms with Crippen molar-refractivity contribution in [3.63, 3.8) is 0 Å². The zero-order chi connectivity index (χ0) is 16.6. The van der Waals surface area contributed by atoms with Crippen LogP contribution in [0.4, 0.5) is 23.7 Å². The fourth-order valence-corrected chi connectivity index (χ4v) is 2.43. The Hall–Kier alpha value is -2.51. The third kappa shape index (κ3) is 2.88. The lowest BCUT2D eigenvalue weighted by Gasteiger charge is -2.14. The van der Waals surface area contributed by atoms with Crippen LogP contribution in [0.15, 0.2) is 30.6 Å². The number of nitrogens with zero attached hydrogens (tertiary/aromatic N) is 3. The first-order valence-corrected chi connectivity index (χ1v) is 7.10. The van der Waals surface area contributed by atoms with Crippen LogP contribution in [0, 0.1) is 5.82 Å². The van der Waals surface area contributed by atoms with Gasteiger partial charge in [0, 0.05) is 17.3 Å². The first-order chi connectivity index (χ1) is 11.0. The molecule has 5 nitrogen and oxygen atoms in total. The Morgan fingerprint density at radius 2 is 2.22 bits per heavy atom.